The Morgan fingerprint density at radius 3 is 2.57 bits per heavy atom. The molecule has 3 aromatic heterocycles. The molecule has 5 aromatic rings. The minimum absolute atomic E-state index is 0.0439. The van der Waals surface area contributed by atoms with Crippen molar-refractivity contribution in [1.29, 1.82) is 0 Å². The summed E-state index contributed by atoms with van der Waals surface area (Å²) in [4.78, 5) is 33.4. The van der Waals surface area contributed by atoms with Crippen molar-refractivity contribution in [2.75, 3.05) is 11.5 Å². The normalized spacial score (nSPS) is 16.1. The number of carbonyl (C=O) groups excluding carboxylic acids is 2. The van der Waals surface area contributed by atoms with Gasteiger partial charge < -0.3 is 9.84 Å². The average molecular weight is 674 g/mol. The number of aromatic nitrogens is 4. The van der Waals surface area contributed by atoms with Crippen LogP contribution in [0.1, 0.15) is 61.2 Å². The molecule has 0 radical (unpaired) electrons. The van der Waals surface area contributed by atoms with Crippen LogP contribution in [0.25, 0.3) is 11.4 Å². The lowest BCUT2D eigenvalue weighted by Crippen LogP contribution is -2.29. The van der Waals surface area contributed by atoms with Crippen LogP contribution in [0, 0.1) is 6.92 Å². The van der Waals surface area contributed by atoms with E-state index in [0.29, 0.717) is 50.1 Å². The van der Waals surface area contributed by atoms with Crippen molar-refractivity contribution in [2.45, 2.75) is 55.7 Å². The summed E-state index contributed by atoms with van der Waals surface area (Å²) in [6, 6.07) is 19.3. The van der Waals surface area contributed by atoms with Crippen LogP contribution in [-0.2, 0) is 15.3 Å². The zero-order valence-electron chi connectivity index (χ0n) is 25.4. The number of anilines is 1. The summed E-state index contributed by atoms with van der Waals surface area (Å²) in [5.41, 5.74) is 3.12. The minimum atomic E-state index is -0.950. The summed E-state index contributed by atoms with van der Waals surface area (Å²) in [5, 5.41) is 21.4. The first-order valence-electron chi connectivity index (χ1n) is 15.0. The number of hydrogen-bond donors (Lipinski definition) is 1. The van der Waals surface area contributed by atoms with E-state index in [1.807, 2.05) is 66.7 Å². The fourth-order valence-corrected chi connectivity index (χ4v) is 7.37. The van der Waals surface area contributed by atoms with Crippen LogP contribution in [0.4, 0.5) is 5.13 Å². The molecule has 236 valence electrons. The van der Waals surface area contributed by atoms with Gasteiger partial charge in [0.05, 0.1) is 23.9 Å². The lowest BCUT2D eigenvalue weighted by atomic mass is 9.96. The van der Waals surface area contributed by atoms with Gasteiger partial charge in [0.25, 0.3) is 5.78 Å². The van der Waals surface area contributed by atoms with Gasteiger partial charge in [-0.15, -0.1) is 10.2 Å². The van der Waals surface area contributed by atoms with E-state index in [0.717, 1.165) is 24.8 Å². The molecule has 2 aromatic carbocycles. The number of nitrogens with zero attached hydrogens (tertiary/aromatic N) is 5. The summed E-state index contributed by atoms with van der Waals surface area (Å²) in [7, 11) is 0. The van der Waals surface area contributed by atoms with E-state index < -0.39 is 17.7 Å². The zero-order valence-corrected chi connectivity index (χ0v) is 27.7. The highest BCUT2D eigenvalue weighted by Gasteiger charge is 2.49. The second kappa shape index (κ2) is 14.1. The number of aliphatic hydroxyl groups excluding tert-OH is 1. The molecule has 0 spiro atoms. The lowest BCUT2D eigenvalue weighted by Gasteiger charge is -2.22. The number of ketones is 1. The molecule has 0 saturated carbocycles. The van der Waals surface area contributed by atoms with Gasteiger partial charge in [0.15, 0.2) is 10.1 Å². The maximum absolute atomic E-state index is 13.8. The molecule has 12 heteroatoms. The lowest BCUT2D eigenvalue weighted by molar-refractivity contribution is -0.132. The molecule has 1 unspecified atom stereocenters. The number of carbonyl (C=O) groups is 2. The molecule has 0 aliphatic carbocycles. The van der Waals surface area contributed by atoms with E-state index >= 15 is 0 Å². The number of ether oxygens (including phenoxy) is 1. The summed E-state index contributed by atoms with van der Waals surface area (Å²) in [5.74, 6) is -0.595. The van der Waals surface area contributed by atoms with Gasteiger partial charge in [-0.2, -0.15) is 0 Å². The zero-order chi connectivity index (χ0) is 32.2. The Bertz CT molecular complexity index is 1900. The second-order valence-electron chi connectivity index (χ2n) is 10.9. The number of aliphatic hydroxyl groups is 1. The molecule has 1 amide bonds. The Morgan fingerprint density at radius 2 is 1.80 bits per heavy atom. The third-order valence-corrected chi connectivity index (χ3v) is 10.1. The Hall–Kier alpha value is -4.19. The number of thioether (sulfide) groups is 1. The van der Waals surface area contributed by atoms with E-state index in [-0.39, 0.29) is 16.5 Å². The largest absolute Gasteiger partial charge is 0.505 e. The Morgan fingerprint density at radius 1 is 1.02 bits per heavy atom. The minimum Gasteiger partial charge on any atom is -0.505 e. The molecule has 46 heavy (non-hydrogen) atoms. The number of fused-ring (bicyclic) bond motifs is 1. The highest BCUT2D eigenvalue weighted by molar-refractivity contribution is 8.00. The number of Topliss-reactive ketones (excluding diaryl/α,β-unsaturated/α-hetero) is 1. The molecule has 0 bridgehead atoms. The van der Waals surface area contributed by atoms with Crippen LogP contribution in [0.15, 0.2) is 82.8 Å². The van der Waals surface area contributed by atoms with Crippen molar-refractivity contribution in [3.8, 4) is 5.75 Å². The quantitative estimate of drug-likeness (QED) is 0.0354. The summed E-state index contributed by atoms with van der Waals surface area (Å²) >= 11 is 8.71. The maximum atomic E-state index is 13.8. The molecule has 1 saturated heterocycles. The first-order valence-corrected chi connectivity index (χ1v) is 17.2. The Labute approximate surface area is 279 Å². The van der Waals surface area contributed by atoms with Crippen molar-refractivity contribution in [3.05, 3.63) is 106 Å². The highest BCUT2D eigenvalue weighted by Crippen LogP contribution is 2.44. The third-order valence-electron chi connectivity index (χ3n) is 7.71. The van der Waals surface area contributed by atoms with Crippen LogP contribution in [-0.4, -0.2) is 43.0 Å². The van der Waals surface area contributed by atoms with E-state index in [1.165, 1.54) is 34.4 Å². The van der Waals surface area contributed by atoms with E-state index in [1.54, 1.807) is 17.5 Å². The number of imidazole rings is 1. The van der Waals surface area contributed by atoms with Crippen molar-refractivity contribution in [3.63, 3.8) is 0 Å². The van der Waals surface area contributed by atoms with Crippen molar-refractivity contribution in [1.82, 2.24) is 19.6 Å². The predicted octanol–water partition coefficient (Wildman–Crippen LogP) is 8.03. The fraction of sp³-hybridized carbons (Fsp3) is 0.265. The molecule has 1 aliphatic heterocycles. The molecular formula is C34H32ClN5O4S2. The molecule has 9 nitrogen and oxygen atoms in total. The molecular weight excluding hydrogens is 642 g/mol. The predicted molar refractivity (Wildman–Crippen MR) is 182 cm³/mol. The van der Waals surface area contributed by atoms with E-state index in [9.17, 15) is 14.7 Å². The highest BCUT2D eigenvalue weighted by atomic mass is 35.5. The second-order valence-corrected chi connectivity index (χ2v) is 13.5. The standard InChI is InChI=1S/C34H32ClN5O4S2/c1-3-4-5-8-19-44-25-16-12-23(13-17-25)29-27(30(41)28-21(2)36-26-9-6-7-18-39(26)28)31(42)32(43)40(29)33-37-38-34(46-33)45-20-22-10-14-24(35)15-11-22/h6-7,9-18,29,41H,3-5,8,19-20H2,1-2H3/b30-27+. The number of rotatable bonds is 12. The van der Waals surface area contributed by atoms with Crippen molar-refractivity contribution >= 4 is 62.9 Å². The topological polar surface area (TPSA) is 110 Å². The molecule has 6 rings (SSSR count). The SMILES string of the molecule is CCCCCCOc1ccc(C2/C(=C(\O)c3c(C)nc4ccccn34)C(=O)C(=O)N2c2nnc(SCc3ccc(Cl)cc3)s2)cc1. The van der Waals surface area contributed by atoms with E-state index in [4.69, 9.17) is 16.3 Å². The van der Waals surface area contributed by atoms with E-state index in [2.05, 4.69) is 22.1 Å². The number of aryl methyl sites for hydroxylation is 1. The van der Waals surface area contributed by atoms with Crippen LogP contribution < -0.4 is 9.64 Å². The number of pyridine rings is 1. The van der Waals surface area contributed by atoms with Gasteiger partial charge in [-0.05, 0) is 60.9 Å². The molecule has 4 heterocycles. The molecule has 1 N–H and O–H groups in total. The van der Waals surface area contributed by atoms with Gasteiger partial charge in [-0.25, -0.2) is 4.98 Å². The summed E-state index contributed by atoms with van der Waals surface area (Å²) in [6.45, 7) is 4.53. The number of unbranched alkanes of at least 4 members (excludes halogenated alkanes) is 3. The first kappa shape index (κ1) is 31.8. The van der Waals surface area contributed by atoms with Crippen molar-refractivity contribution in [2.24, 2.45) is 0 Å². The van der Waals surface area contributed by atoms with Gasteiger partial charge >= 0.3 is 5.91 Å². The first-order chi connectivity index (χ1) is 22.4. The van der Waals surface area contributed by atoms with Gasteiger partial charge in [-0.3, -0.25) is 18.9 Å². The smallest absolute Gasteiger partial charge is 0.301 e. The third kappa shape index (κ3) is 6.53. The van der Waals surface area contributed by atoms with Gasteiger partial charge in [0.1, 0.15) is 17.1 Å². The van der Waals surface area contributed by atoms with Crippen LogP contribution in [0.2, 0.25) is 5.02 Å². The maximum Gasteiger partial charge on any atom is 0.301 e. The molecule has 1 aliphatic rings. The monoisotopic (exact) mass is 673 g/mol. The number of halogens is 1. The van der Waals surface area contributed by atoms with Gasteiger partial charge in [0, 0.05) is 17.0 Å². The number of benzene rings is 2. The van der Waals surface area contributed by atoms with Crippen LogP contribution in [0.5, 0.6) is 5.75 Å². The van der Waals surface area contributed by atoms with Crippen LogP contribution >= 0.6 is 34.7 Å². The Kier molecular flexibility index (Phi) is 9.72. The van der Waals surface area contributed by atoms with Gasteiger partial charge in [0.2, 0.25) is 5.13 Å². The summed E-state index contributed by atoms with van der Waals surface area (Å²) in [6.07, 6.45) is 6.15. The van der Waals surface area contributed by atoms with Gasteiger partial charge in [-0.1, -0.05) is 91.2 Å². The van der Waals surface area contributed by atoms with Crippen molar-refractivity contribution < 1.29 is 19.4 Å². The number of amides is 1. The average Bonchev–Trinajstić information content (AvgIpc) is 3.74. The molecule has 1 atom stereocenters. The Balaban J connectivity index is 1.36. The van der Waals surface area contributed by atoms with Crippen LogP contribution in [0.3, 0.4) is 0 Å². The molecule has 1 fully saturated rings. The summed E-state index contributed by atoms with van der Waals surface area (Å²) < 4.78 is 8.29. The number of hydrogen-bond acceptors (Lipinski definition) is 9. The fourth-order valence-electron chi connectivity index (χ4n) is 5.42.